The van der Waals surface area contributed by atoms with E-state index < -0.39 is 6.04 Å². The Kier molecular flexibility index (Phi) is 5.14. The fourth-order valence-electron chi connectivity index (χ4n) is 1.70. The van der Waals surface area contributed by atoms with Crippen molar-refractivity contribution >= 4 is 43.5 Å². The first-order valence-electron chi connectivity index (χ1n) is 5.80. The maximum Gasteiger partial charge on any atom is 0.333 e. The van der Waals surface area contributed by atoms with Crippen molar-refractivity contribution in [3.8, 4) is 0 Å². The Morgan fingerprint density at radius 3 is 2.50 bits per heavy atom. The van der Waals surface area contributed by atoms with Crippen LogP contribution in [0, 0.1) is 0 Å². The van der Waals surface area contributed by atoms with Crippen molar-refractivity contribution in [2.75, 3.05) is 12.4 Å². The number of aromatic nitrogens is 1. The third kappa shape index (κ3) is 3.80. The maximum atomic E-state index is 12.0. The van der Waals surface area contributed by atoms with Crippen LogP contribution in [0.4, 0.5) is 5.69 Å². The molecule has 1 aromatic heterocycles. The van der Waals surface area contributed by atoms with E-state index in [0.717, 1.165) is 20.2 Å². The van der Waals surface area contributed by atoms with Crippen molar-refractivity contribution in [1.29, 1.82) is 0 Å². The molecule has 20 heavy (non-hydrogen) atoms. The fraction of sp³-hybridized carbons (Fsp3) is 0.143. The second-order valence-electron chi connectivity index (χ2n) is 4.04. The molecule has 1 N–H and O–H groups in total. The van der Waals surface area contributed by atoms with Gasteiger partial charge in [0.25, 0.3) is 0 Å². The van der Waals surface area contributed by atoms with Crippen LogP contribution in [-0.4, -0.2) is 18.1 Å². The van der Waals surface area contributed by atoms with E-state index in [1.807, 2.05) is 30.3 Å². The molecule has 6 heteroatoms. The predicted octanol–water partition coefficient (Wildman–Crippen LogP) is 3.93. The van der Waals surface area contributed by atoms with Crippen LogP contribution in [0.25, 0.3) is 0 Å². The molecule has 1 heterocycles. The summed E-state index contributed by atoms with van der Waals surface area (Å²) in [5.41, 5.74) is 1.55. The molecule has 0 saturated carbocycles. The van der Waals surface area contributed by atoms with Gasteiger partial charge < -0.3 is 10.1 Å². The zero-order valence-corrected chi connectivity index (χ0v) is 13.8. The summed E-state index contributed by atoms with van der Waals surface area (Å²) >= 11 is 6.72. The average molecular weight is 400 g/mol. The minimum atomic E-state index is -0.605. The molecule has 0 amide bonds. The Hall–Kier alpha value is -1.40. The molecule has 1 unspecified atom stereocenters. The summed E-state index contributed by atoms with van der Waals surface area (Å²) in [5.74, 6) is -0.368. The molecule has 4 nitrogen and oxygen atoms in total. The number of nitrogens with zero attached hydrogens (tertiary/aromatic N) is 1. The fourth-order valence-corrected chi connectivity index (χ4v) is 2.34. The number of benzene rings is 1. The molecule has 104 valence electrons. The molecule has 2 aromatic rings. The lowest BCUT2D eigenvalue weighted by Crippen LogP contribution is -2.22. The van der Waals surface area contributed by atoms with Gasteiger partial charge in [-0.3, -0.25) is 4.98 Å². The largest absolute Gasteiger partial charge is 0.467 e. The van der Waals surface area contributed by atoms with Gasteiger partial charge in [-0.05, 0) is 46.3 Å². The number of pyridine rings is 1. The van der Waals surface area contributed by atoms with Crippen molar-refractivity contribution in [1.82, 2.24) is 4.98 Å². The van der Waals surface area contributed by atoms with Crippen LogP contribution in [0.15, 0.2) is 51.7 Å². The minimum Gasteiger partial charge on any atom is -0.467 e. The maximum absolute atomic E-state index is 12.0. The molecular weight excluding hydrogens is 388 g/mol. The molecule has 0 bridgehead atoms. The van der Waals surface area contributed by atoms with Crippen LogP contribution in [0.2, 0.25) is 0 Å². The van der Waals surface area contributed by atoms with E-state index in [-0.39, 0.29) is 5.97 Å². The third-order valence-corrected chi connectivity index (χ3v) is 3.61. The lowest BCUT2D eigenvalue weighted by Gasteiger charge is -2.18. The van der Waals surface area contributed by atoms with Crippen molar-refractivity contribution in [2.45, 2.75) is 6.04 Å². The number of ether oxygens (including phenoxy) is 1. The molecule has 0 radical (unpaired) electrons. The lowest BCUT2D eigenvalue weighted by atomic mass is 10.1. The van der Waals surface area contributed by atoms with E-state index >= 15 is 0 Å². The van der Waals surface area contributed by atoms with Gasteiger partial charge in [0.1, 0.15) is 0 Å². The number of hydrogen-bond donors (Lipinski definition) is 1. The van der Waals surface area contributed by atoms with Gasteiger partial charge in [0, 0.05) is 32.6 Å². The van der Waals surface area contributed by atoms with Gasteiger partial charge >= 0.3 is 5.97 Å². The summed E-state index contributed by atoms with van der Waals surface area (Å²) in [6.07, 6.45) is 3.30. The molecule has 0 aliphatic rings. The first-order chi connectivity index (χ1) is 9.60. The van der Waals surface area contributed by atoms with Gasteiger partial charge in [0.05, 0.1) is 7.11 Å². The van der Waals surface area contributed by atoms with Crippen LogP contribution in [-0.2, 0) is 9.53 Å². The summed E-state index contributed by atoms with van der Waals surface area (Å²) in [5, 5.41) is 3.14. The van der Waals surface area contributed by atoms with Crippen LogP contribution in [0.5, 0.6) is 0 Å². The third-order valence-electron chi connectivity index (χ3n) is 2.65. The second-order valence-corrected chi connectivity index (χ2v) is 5.88. The molecule has 0 saturated heterocycles. The molecular formula is C14H12Br2N2O2. The zero-order valence-electron chi connectivity index (χ0n) is 10.6. The SMILES string of the molecule is COC(=O)C(Nc1ccc(Br)cc1)c1cncc(Br)c1. The first kappa shape index (κ1) is 15.0. The number of methoxy groups -OCH3 is 1. The van der Waals surface area contributed by atoms with E-state index in [1.165, 1.54) is 7.11 Å². The first-order valence-corrected chi connectivity index (χ1v) is 7.39. The monoisotopic (exact) mass is 398 g/mol. The topological polar surface area (TPSA) is 51.2 Å². The van der Waals surface area contributed by atoms with E-state index in [9.17, 15) is 4.79 Å². The Balaban J connectivity index is 2.28. The predicted molar refractivity (Wildman–Crippen MR) is 84.5 cm³/mol. The van der Waals surface area contributed by atoms with Gasteiger partial charge in [-0.1, -0.05) is 15.9 Å². The van der Waals surface area contributed by atoms with Crippen molar-refractivity contribution in [3.05, 3.63) is 57.2 Å². The normalized spacial score (nSPS) is 11.8. The molecule has 2 rings (SSSR count). The number of anilines is 1. The number of carbonyl (C=O) groups is 1. The Morgan fingerprint density at radius 1 is 1.20 bits per heavy atom. The Labute approximate surface area is 133 Å². The summed E-state index contributed by atoms with van der Waals surface area (Å²) in [7, 11) is 1.37. The molecule has 0 fully saturated rings. The van der Waals surface area contributed by atoms with Gasteiger partial charge in [-0.25, -0.2) is 4.79 Å². The van der Waals surface area contributed by atoms with Crippen LogP contribution >= 0.6 is 31.9 Å². The highest BCUT2D eigenvalue weighted by Gasteiger charge is 2.21. The van der Waals surface area contributed by atoms with Crippen LogP contribution in [0.3, 0.4) is 0 Å². The highest BCUT2D eigenvalue weighted by Crippen LogP contribution is 2.23. The molecule has 0 aliphatic heterocycles. The number of hydrogen-bond acceptors (Lipinski definition) is 4. The summed E-state index contributed by atoms with van der Waals surface area (Å²) < 4.78 is 6.63. The molecule has 1 aromatic carbocycles. The number of esters is 1. The molecule has 1 atom stereocenters. The van der Waals surface area contributed by atoms with Gasteiger partial charge in [-0.15, -0.1) is 0 Å². The highest BCUT2D eigenvalue weighted by atomic mass is 79.9. The number of carbonyl (C=O) groups excluding carboxylic acids is 1. The van der Waals surface area contributed by atoms with Crippen molar-refractivity contribution < 1.29 is 9.53 Å². The van der Waals surface area contributed by atoms with Crippen molar-refractivity contribution in [3.63, 3.8) is 0 Å². The Bertz CT molecular complexity index is 602. The standard InChI is InChI=1S/C14H12Br2N2O2/c1-20-14(19)13(9-6-11(16)8-17-7-9)18-12-4-2-10(15)3-5-12/h2-8,13,18H,1H3. The van der Waals surface area contributed by atoms with Crippen LogP contribution < -0.4 is 5.32 Å². The van der Waals surface area contributed by atoms with Crippen LogP contribution in [0.1, 0.15) is 11.6 Å². The highest BCUT2D eigenvalue weighted by molar-refractivity contribution is 9.10. The van der Waals surface area contributed by atoms with E-state index in [4.69, 9.17) is 4.74 Å². The van der Waals surface area contributed by atoms with Gasteiger partial charge in [0.15, 0.2) is 6.04 Å². The number of halogens is 2. The second kappa shape index (κ2) is 6.85. The minimum absolute atomic E-state index is 0.368. The summed E-state index contributed by atoms with van der Waals surface area (Å²) in [6.45, 7) is 0. The number of nitrogens with one attached hydrogen (secondary N) is 1. The summed E-state index contributed by atoms with van der Waals surface area (Å²) in [4.78, 5) is 16.0. The average Bonchev–Trinajstić information content (AvgIpc) is 2.46. The van der Waals surface area contributed by atoms with E-state index in [2.05, 4.69) is 42.2 Å². The zero-order chi connectivity index (χ0) is 14.5. The molecule has 0 spiro atoms. The van der Waals surface area contributed by atoms with E-state index in [1.54, 1.807) is 12.4 Å². The molecule has 0 aliphatic carbocycles. The van der Waals surface area contributed by atoms with Crippen molar-refractivity contribution in [2.24, 2.45) is 0 Å². The lowest BCUT2D eigenvalue weighted by molar-refractivity contribution is -0.141. The van der Waals surface area contributed by atoms with Gasteiger partial charge in [-0.2, -0.15) is 0 Å². The van der Waals surface area contributed by atoms with E-state index in [0.29, 0.717) is 0 Å². The van der Waals surface area contributed by atoms with Gasteiger partial charge in [0.2, 0.25) is 0 Å². The quantitative estimate of drug-likeness (QED) is 0.791. The smallest absolute Gasteiger partial charge is 0.333 e. The Morgan fingerprint density at radius 2 is 1.90 bits per heavy atom. The number of rotatable bonds is 4. The summed E-state index contributed by atoms with van der Waals surface area (Å²) in [6, 6.07) is 8.79.